The Balaban J connectivity index is 1.58. The Hall–Kier alpha value is -3.19. The molecule has 1 N–H and O–H groups in total. The highest BCUT2D eigenvalue weighted by Crippen LogP contribution is 2.19. The number of hydrogen-bond acceptors (Lipinski definition) is 4. The van der Waals surface area contributed by atoms with Gasteiger partial charge in [-0.1, -0.05) is 24.3 Å². The van der Waals surface area contributed by atoms with Crippen LogP contribution in [0.1, 0.15) is 17.0 Å². The molecule has 2 aromatic rings. The summed E-state index contributed by atoms with van der Waals surface area (Å²) in [7, 11) is 0. The molecule has 0 bridgehead atoms. The van der Waals surface area contributed by atoms with Crippen molar-refractivity contribution in [1.82, 2.24) is 24.9 Å². The SMILES string of the molecule is C=CCNC(=O)CN1CCN(C(=O)C=Cc2c(C)nn(-c3ccccc3)c2C)CC1. The summed E-state index contributed by atoms with van der Waals surface area (Å²) in [4.78, 5) is 28.3. The normalized spacial score (nSPS) is 14.8. The number of carbonyl (C=O) groups excluding carboxylic acids is 2. The number of nitrogens with one attached hydrogen (secondary N) is 1. The fourth-order valence-corrected chi connectivity index (χ4v) is 3.55. The Bertz CT molecular complexity index is 925. The van der Waals surface area contributed by atoms with Crippen LogP contribution in [0, 0.1) is 13.8 Å². The average molecular weight is 408 g/mol. The van der Waals surface area contributed by atoms with Crippen LogP contribution >= 0.6 is 0 Å². The molecule has 0 atom stereocenters. The summed E-state index contributed by atoms with van der Waals surface area (Å²) in [6.07, 6.45) is 5.14. The zero-order valence-corrected chi connectivity index (χ0v) is 17.7. The van der Waals surface area contributed by atoms with E-state index in [9.17, 15) is 9.59 Å². The second-order valence-corrected chi connectivity index (χ2v) is 7.36. The Morgan fingerprint density at radius 2 is 1.83 bits per heavy atom. The van der Waals surface area contributed by atoms with Crippen LogP contribution in [0.2, 0.25) is 0 Å². The van der Waals surface area contributed by atoms with Crippen molar-refractivity contribution in [1.29, 1.82) is 0 Å². The average Bonchev–Trinajstić information content (AvgIpc) is 3.05. The Morgan fingerprint density at radius 3 is 2.50 bits per heavy atom. The first-order chi connectivity index (χ1) is 14.5. The van der Waals surface area contributed by atoms with Gasteiger partial charge in [0.1, 0.15) is 0 Å². The Labute approximate surface area is 177 Å². The van der Waals surface area contributed by atoms with Gasteiger partial charge in [-0.25, -0.2) is 4.68 Å². The van der Waals surface area contributed by atoms with Crippen molar-refractivity contribution in [2.75, 3.05) is 39.3 Å². The predicted octanol–water partition coefficient (Wildman–Crippen LogP) is 1.95. The molecule has 1 saturated heterocycles. The third-order valence-electron chi connectivity index (χ3n) is 5.24. The summed E-state index contributed by atoms with van der Waals surface area (Å²) in [5, 5.41) is 7.40. The van der Waals surface area contributed by atoms with E-state index in [1.54, 1.807) is 12.2 Å². The highest BCUT2D eigenvalue weighted by molar-refractivity contribution is 5.92. The van der Waals surface area contributed by atoms with Crippen molar-refractivity contribution in [3.8, 4) is 5.69 Å². The summed E-state index contributed by atoms with van der Waals surface area (Å²) in [6.45, 7) is 11.0. The molecule has 0 aliphatic carbocycles. The van der Waals surface area contributed by atoms with E-state index in [0.717, 1.165) is 22.6 Å². The maximum Gasteiger partial charge on any atom is 0.246 e. The van der Waals surface area contributed by atoms with Crippen LogP contribution in [0.15, 0.2) is 49.1 Å². The van der Waals surface area contributed by atoms with E-state index in [1.165, 1.54) is 0 Å². The lowest BCUT2D eigenvalue weighted by Crippen LogP contribution is -2.50. The third kappa shape index (κ3) is 5.24. The van der Waals surface area contributed by atoms with Gasteiger partial charge in [0.25, 0.3) is 0 Å². The molecule has 1 aliphatic rings. The van der Waals surface area contributed by atoms with Gasteiger partial charge in [-0.3, -0.25) is 14.5 Å². The first kappa shape index (κ1) is 21.5. The summed E-state index contributed by atoms with van der Waals surface area (Å²) in [5.41, 5.74) is 3.84. The Morgan fingerprint density at radius 1 is 1.13 bits per heavy atom. The van der Waals surface area contributed by atoms with Gasteiger partial charge in [-0.15, -0.1) is 6.58 Å². The standard InChI is InChI=1S/C23H29N5O2/c1-4-12-24-22(29)17-26-13-15-27(16-14-26)23(30)11-10-21-18(2)25-28(19(21)3)20-8-6-5-7-9-20/h4-11H,1,12-17H2,2-3H3,(H,24,29). The fourth-order valence-electron chi connectivity index (χ4n) is 3.55. The number of aryl methyl sites for hydroxylation is 1. The monoisotopic (exact) mass is 407 g/mol. The topological polar surface area (TPSA) is 70.5 Å². The maximum atomic E-state index is 12.6. The Kier molecular flexibility index (Phi) is 7.19. The number of aromatic nitrogens is 2. The van der Waals surface area contributed by atoms with Gasteiger partial charge in [0.15, 0.2) is 0 Å². The third-order valence-corrected chi connectivity index (χ3v) is 5.24. The summed E-state index contributed by atoms with van der Waals surface area (Å²) in [5.74, 6) is -0.0343. The van der Waals surface area contributed by atoms with Gasteiger partial charge in [0.2, 0.25) is 11.8 Å². The van der Waals surface area contributed by atoms with E-state index >= 15 is 0 Å². The van der Waals surface area contributed by atoms with Crippen LogP contribution in [0.5, 0.6) is 0 Å². The second-order valence-electron chi connectivity index (χ2n) is 7.36. The van der Waals surface area contributed by atoms with Crippen LogP contribution in [0.25, 0.3) is 11.8 Å². The molecule has 1 aliphatic heterocycles. The van der Waals surface area contributed by atoms with Crippen molar-refractivity contribution < 1.29 is 9.59 Å². The molecule has 0 spiro atoms. The number of hydrogen-bond donors (Lipinski definition) is 1. The van der Waals surface area contributed by atoms with Crippen LogP contribution < -0.4 is 5.32 Å². The van der Waals surface area contributed by atoms with E-state index in [0.29, 0.717) is 39.3 Å². The largest absolute Gasteiger partial charge is 0.352 e. The van der Waals surface area contributed by atoms with Crippen molar-refractivity contribution in [3.63, 3.8) is 0 Å². The minimum atomic E-state index is -0.0176. The van der Waals surface area contributed by atoms with Gasteiger partial charge >= 0.3 is 0 Å². The number of amides is 2. The molecule has 7 heteroatoms. The fraction of sp³-hybridized carbons (Fsp3) is 0.348. The molecule has 0 saturated carbocycles. The summed E-state index contributed by atoms with van der Waals surface area (Å²) in [6, 6.07) is 9.95. The van der Waals surface area contributed by atoms with Gasteiger partial charge in [-0.2, -0.15) is 5.10 Å². The van der Waals surface area contributed by atoms with Gasteiger partial charge in [0, 0.05) is 50.1 Å². The van der Waals surface area contributed by atoms with E-state index in [4.69, 9.17) is 0 Å². The lowest BCUT2D eigenvalue weighted by atomic mass is 10.1. The quantitative estimate of drug-likeness (QED) is 0.563. The lowest BCUT2D eigenvalue weighted by molar-refractivity contribution is -0.128. The maximum absolute atomic E-state index is 12.6. The molecule has 3 rings (SSSR count). The molecule has 158 valence electrons. The minimum Gasteiger partial charge on any atom is -0.352 e. The second kappa shape index (κ2) is 10.0. The molecule has 1 aromatic carbocycles. The van der Waals surface area contributed by atoms with Crippen LogP contribution in [0.3, 0.4) is 0 Å². The highest BCUT2D eigenvalue weighted by Gasteiger charge is 2.21. The highest BCUT2D eigenvalue weighted by atomic mass is 16.2. The predicted molar refractivity (Wildman–Crippen MR) is 118 cm³/mol. The molecule has 0 radical (unpaired) electrons. The smallest absolute Gasteiger partial charge is 0.246 e. The first-order valence-electron chi connectivity index (χ1n) is 10.2. The lowest BCUT2D eigenvalue weighted by Gasteiger charge is -2.33. The summed E-state index contributed by atoms with van der Waals surface area (Å²) >= 11 is 0. The van der Waals surface area contributed by atoms with Gasteiger partial charge in [0.05, 0.1) is 17.9 Å². The number of carbonyl (C=O) groups is 2. The number of benzene rings is 1. The molecule has 7 nitrogen and oxygen atoms in total. The molecule has 1 aromatic heterocycles. The van der Waals surface area contributed by atoms with Crippen LogP contribution in [0.4, 0.5) is 0 Å². The number of nitrogens with zero attached hydrogens (tertiary/aromatic N) is 4. The van der Waals surface area contributed by atoms with Crippen LogP contribution in [-0.4, -0.2) is 70.7 Å². The first-order valence-corrected chi connectivity index (χ1v) is 10.2. The number of piperazine rings is 1. The van der Waals surface area contributed by atoms with Gasteiger partial charge < -0.3 is 10.2 Å². The minimum absolute atomic E-state index is 0.0166. The zero-order chi connectivity index (χ0) is 21.5. The van der Waals surface area contributed by atoms with E-state index in [-0.39, 0.29) is 11.8 Å². The molecular weight excluding hydrogens is 378 g/mol. The number of para-hydroxylation sites is 1. The van der Waals surface area contributed by atoms with Gasteiger partial charge in [-0.05, 0) is 32.1 Å². The van der Waals surface area contributed by atoms with E-state index in [1.807, 2.05) is 59.8 Å². The van der Waals surface area contributed by atoms with Crippen LogP contribution in [-0.2, 0) is 9.59 Å². The van der Waals surface area contributed by atoms with E-state index < -0.39 is 0 Å². The van der Waals surface area contributed by atoms with E-state index in [2.05, 4.69) is 21.9 Å². The number of rotatable bonds is 7. The molecule has 0 unspecified atom stereocenters. The molecule has 2 amide bonds. The van der Waals surface area contributed by atoms with Crippen molar-refractivity contribution in [3.05, 3.63) is 66.0 Å². The molecule has 30 heavy (non-hydrogen) atoms. The molecule has 2 heterocycles. The van der Waals surface area contributed by atoms with Crippen molar-refractivity contribution >= 4 is 17.9 Å². The molecule has 1 fully saturated rings. The zero-order valence-electron chi connectivity index (χ0n) is 17.7. The summed E-state index contributed by atoms with van der Waals surface area (Å²) < 4.78 is 1.90. The van der Waals surface area contributed by atoms with Crippen molar-refractivity contribution in [2.24, 2.45) is 0 Å². The van der Waals surface area contributed by atoms with Crippen molar-refractivity contribution in [2.45, 2.75) is 13.8 Å². The molecular formula is C23H29N5O2.